The monoisotopic (exact) mass is 886 g/mol. The molecule has 2 atom stereocenters. The van der Waals surface area contributed by atoms with Crippen molar-refractivity contribution in [2.75, 3.05) is 4.90 Å². The van der Waals surface area contributed by atoms with Crippen molar-refractivity contribution in [3.05, 3.63) is 240 Å². The first-order chi connectivity index (χ1) is 33.3. The van der Waals surface area contributed by atoms with E-state index in [1.165, 1.54) is 55.2 Å². The molecule has 0 fully saturated rings. The second-order valence-corrected chi connectivity index (χ2v) is 17.8. The molecule has 0 saturated carbocycles. The number of allylic oxidation sites excluding steroid dienone is 7. The Hall–Kier alpha value is -8.68. The number of nitrogens with zero attached hydrogens (tertiary/aromatic N) is 2. The molecule has 3 aliphatic carbocycles. The summed E-state index contributed by atoms with van der Waals surface area (Å²) in [6, 6.07) is 59.5. The van der Waals surface area contributed by atoms with Crippen LogP contribution < -0.4 is 4.90 Å². The molecule has 7 heteroatoms. The highest BCUT2D eigenvalue weighted by Gasteiger charge is 2.47. The van der Waals surface area contributed by atoms with Crippen LogP contribution in [-0.4, -0.2) is 30.1 Å². The summed E-state index contributed by atoms with van der Waals surface area (Å²) < 4.78 is 2.34. The second kappa shape index (κ2) is 16.0. The van der Waals surface area contributed by atoms with E-state index in [1.54, 1.807) is 12.1 Å². The summed E-state index contributed by atoms with van der Waals surface area (Å²) >= 11 is 0. The summed E-state index contributed by atoms with van der Waals surface area (Å²) in [7, 11) is 0. The largest absolute Gasteiger partial charge is 0.504 e. The van der Waals surface area contributed by atoms with Crippen LogP contribution in [0.5, 0.6) is 28.7 Å². The van der Waals surface area contributed by atoms with Gasteiger partial charge >= 0.3 is 0 Å². The quantitative estimate of drug-likeness (QED) is 0.0768. The summed E-state index contributed by atoms with van der Waals surface area (Å²) in [6.07, 6.45) is 16.5. The zero-order valence-electron chi connectivity index (χ0n) is 37.0. The highest BCUT2D eigenvalue weighted by molar-refractivity contribution is 6.09. The van der Waals surface area contributed by atoms with Crippen molar-refractivity contribution in [2.45, 2.75) is 30.6 Å². The minimum Gasteiger partial charge on any atom is -0.504 e. The summed E-state index contributed by atoms with van der Waals surface area (Å²) in [4.78, 5) is 2.24. The number of fused-ring (bicyclic) bond motifs is 6. The Labute approximate surface area is 393 Å². The number of benzene rings is 8. The molecular weight excluding hydrogens is 841 g/mol. The van der Waals surface area contributed by atoms with Crippen LogP contribution in [0.2, 0.25) is 0 Å². The molecule has 68 heavy (non-hydrogen) atoms. The maximum absolute atomic E-state index is 10.9. The van der Waals surface area contributed by atoms with E-state index in [-0.39, 0.29) is 11.5 Å². The number of hydrogen-bond acceptors (Lipinski definition) is 6. The molecule has 330 valence electrons. The Bertz CT molecular complexity index is 3570. The van der Waals surface area contributed by atoms with Gasteiger partial charge in [0.05, 0.1) is 22.0 Å². The molecule has 2 unspecified atom stereocenters. The molecule has 9 aromatic rings. The van der Waals surface area contributed by atoms with Gasteiger partial charge in [-0.25, -0.2) is 0 Å². The smallest absolute Gasteiger partial charge is 0.208 e. The summed E-state index contributed by atoms with van der Waals surface area (Å²) in [5, 5.41) is 55.1. The lowest BCUT2D eigenvalue weighted by atomic mass is 9.66. The number of phenols is 5. The van der Waals surface area contributed by atoms with Crippen LogP contribution in [0.25, 0.3) is 49.7 Å². The highest BCUT2D eigenvalue weighted by atomic mass is 16.4. The molecule has 8 aromatic carbocycles. The first-order valence-electron chi connectivity index (χ1n) is 23.1. The molecule has 0 aliphatic heterocycles. The predicted octanol–water partition coefficient (Wildman–Crippen LogP) is 14.3. The van der Waals surface area contributed by atoms with Gasteiger partial charge in [0.2, 0.25) is 17.2 Å². The Morgan fingerprint density at radius 2 is 1.18 bits per heavy atom. The van der Waals surface area contributed by atoms with Gasteiger partial charge in [-0.2, -0.15) is 0 Å². The van der Waals surface area contributed by atoms with Crippen molar-refractivity contribution in [3.63, 3.8) is 0 Å². The Morgan fingerprint density at radius 1 is 0.515 bits per heavy atom. The van der Waals surface area contributed by atoms with Crippen LogP contribution >= 0.6 is 0 Å². The van der Waals surface area contributed by atoms with Crippen LogP contribution in [0, 0.1) is 0 Å². The average molecular weight is 887 g/mol. The van der Waals surface area contributed by atoms with E-state index in [2.05, 4.69) is 185 Å². The van der Waals surface area contributed by atoms with E-state index in [9.17, 15) is 25.5 Å². The number of anilines is 2. The molecule has 0 saturated heterocycles. The Kier molecular flexibility index (Phi) is 9.62. The van der Waals surface area contributed by atoms with Crippen molar-refractivity contribution in [3.8, 4) is 56.7 Å². The molecule has 12 rings (SSSR count). The SMILES string of the molecule is Oc1c(O)c(O)c(-c2ccc(N(C3=CCC(c4ccc5c(c4)c4ccccc4n5-c4ccccc4)C=C3)c3ccc4c(c3)C(C3=CCCC=C3)(c3ccccc3)c3ccccc3-4)cc2)c(O)c1O. The van der Waals surface area contributed by atoms with Crippen LogP contribution in [0.4, 0.5) is 11.4 Å². The maximum atomic E-state index is 10.9. The normalized spacial score (nSPS) is 17.2. The zero-order chi connectivity index (χ0) is 46.1. The number of rotatable bonds is 8. The lowest BCUT2D eigenvalue weighted by Crippen LogP contribution is -2.30. The molecule has 5 N–H and O–H groups in total. The average Bonchev–Trinajstić information content (AvgIpc) is 3.89. The first-order valence-corrected chi connectivity index (χ1v) is 23.1. The number of para-hydroxylation sites is 2. The first kappa shape index (κ1) is 40.8. The van der Waals surface area contributed by atoms with Gasteiger partial charge in [0.1, 0.15) is 0 Å². The number of aromatic nitrogens is 1. The fourth-order valence-electron chi connectivity index (χ4n) is 11.1. The lowest BCUT2D eigenvalue weighted by molar-refractivity contribution is 0.330. The zero-order valence-corrected chi connectivity index (χ0v) is 37.0. The van der Waals surface area contributed by atoms with Crippen molar-refractivity contribution in [2.24, 2.45) is 0 Å². The Balaban J connectivity index is 0.992. The van der Waals surface area contributed by atoms with E-state index in [0.29, 0.717) is 5.56 Å². The third-order valence-corrected chi connectivity index (χ3v) is 14.2. The van der Waals surface area contributed by atoms with Gasteiger partial charge in [0.25, 0.3) is 0 Å². The summed E-state index contributed by atoms with van der Waals surface area (Å²) in [6.45, 7) is 0. The van der Waals surface area contributed by atoms with Crippen molar-refractivity contribution < 1.29 is 25.5 Å². The van der Waals surface area contributed by atoms with E-state index in [4.69, 9.17) is 0 Å². The molecular formula is C61H46N2O5. The molecule has 0 radical (unpaired) electrons. The van der Waals surface area contributed by atoms with Crippen LogP contribution in [0.3, 0.4) is 0 Å². The minimum absolute atomic E-state index is 0.122. The number of phenolic OH excluding ortho intramolecular Hbond substituents is 5. The van der Waals surface area contributed by atoms with Gasteiger partial charge in [-0.15, -0.1) is 0 Å². The van der Waals surface area contributed by atoms with Gasteiger partial charge in [-0.05, 0) is 124 Å². The van der Waals surface area contributed by atoms with Gasteiger partial charge in [-0.1, -0.05) is 146 Å². The number of aromatic hydroxyl groups is 5. The van der Waals surface area contributed by atoms with Crippen molar-refractivity contribution in [1.82, 2.24) is 4.57 Å². The molecule has 1 heterocycles. The fourth-order valence-corrected chi connectivity index (χ4v) is 11.1. The molecule has 1 aromatic heterocycles. The summed E-state index contributed by atoms with van der Waals surface area (Å²) in [5.74, 6) is -4.19. The van der Waals surface area contributed by atoms with Crippen molar-refractivity contribution in [1.29, 1.82) is 0 Å². The maximum Gasteiger partial charge on any atom is 0.208 e. The van der Waals surface area contributed by atoms with Crippen LogP contribution in [0.15, 0.2) is 218 Å². The topological polar surface area (TPSA) is 109 Å². The lowest BCUT2D eigenvalue weighted by Gasteiger charge is -2.36. The number of hydrogen-bond donors (Lipinski definition) is 5. The van der Waals surface area contributed by atoms with E-state index < -0.39 is 34.2 Å². The molecule has 3 aliphatic rings. The van der Waals surface area contributed by atoms with Gasteiger partial charge < -0.3 is 35.0 Å². The standard InChI is InChI=1S/C61H46N2O5/c64-56-55(57(65)59(67)60(68)58(56)66)39-26-31-45(32-27-39)62(44-29-24-38(25-30-44)40-28-35-54-50(36-40)49-21-11-13-23-53(49)63(54)43-18-8-3-9-19-43)46-33-34-48-47-20-10-12-22-51(47)61(52(48)37-46,41-14-4-1-5-15-41)42-16-6-2-7-17-42/h1,3-6,8-24,26-38,64-68H,2,7,25H2. The van der Waals surface area contributed by atoms with E-state index in [1.807, 2.05) is 18.2 Å². The molecule has 7 nitrogen and oxygen atoms in total. The van der Waals surface area contributed by atoms with E-state index in [0.717, 1.165) is 47.5 Å². The fraction of sp³-hybridized carbons (Fsp3) is 0.0820. The highest BCUT2D eigenvalue weighted by Crippen LogP contribution is 2.59. The van der Waals surface area contributed by atoms with Crippen LogP contribution in [0.1, 0.15) is 47.4 Å². The third kappa shape index (κ3) is 6.19. The van der Waals surface area contributed by atoms with Gasteiger partial charge in [0.15, 0.2) is 11.5 Å². The van der Waals surface area contributed by atoms with Crippen molar-refractivity contribution >= 4 is 33.2 Å². The van der Waals surface area contributed by atoms with Gasteiger partial charge in [0, 0.05) is 39.4 Å². The van der Waals surface area contributed by atoms with E-state index >= 15 is 0 Å². The molecule has 0 amide bonds. The second-order valence-electron chi connectivity index (χ2n) is 17.8. The van der Waals surface area contributed by atoms with Gasteiger partial charge in [-0.3, -0.25) is 0 Å². The molecule has 0 spiro atoms. The third-order valence-electron chi connectivity index (χ3n) is 14.2. The molecule has 0 bridgehead atoms. The predicted molar refractivity (Wildman–Crippen MR) is 272 cm³/mol. The minimum atomic E-state index is -0.996. The summed E-state index contributed by atoms with van der Waals surface area (Å²) in [5.41, 5.74) is 14.2. The Morgan fingerprint density at radius 3 is 1.91 bits per heavy atom. The van der Waals surface area contributed by atoms with Crippen LogP contribution in [-0.2, 0) is 5.41 Å².